The average Bonchev–Trinajstić information content (AvgIpc) is 3.34. The zero-order valence-corrected chi connectivity index (χ0v) is 18.3. The van der Waals surface area contributed by atoms with Crippen LogP contribution < -0.4 is 10.5 Å². The van der Waals surface area contributed by atoms with Gasteiger partial charge in [-0.2, -0.15) is 0 Å². The number of likely N-dealkylation sites (tertiary alicyclic amines) is 1. The van der Waals surface area contributed by atoms with E-state index in [0.29, 0.717) is 13.0 Å². The van der Waals surface area contributed by atoms with E-state index >= 15 is 0 Å². The van der Waals surface area contributed by atoms with E-state index in [0.717, 1.165) is 67.5 Å². The molecule has 1 aliphatic carbocycles. The molecule has 5 nitrogen and oxygen atoms in total. The normalized spacial score (nSPS) is 21.8. The van der Waals surface area contributed by atoms with Crippen LogP contribution in [0.2, 0.25) is 0 Å². The molecule has 31 heavy (non-hydrogen) atoms. The molecule has 1 aliphatic heterocycles. The lowest BCUT2D eigenvalue weighted by atomic mass is 9.74. The van der Waals surface area contributed by atoms with Crippen molar-refractivity contribution in [3.8, 4) is 16.9 Å². The van der Waals surface area contributed by atoms with Crippen LogP contribution in [-0.4, -0.2) is 36.9 Å². The predicted molar refractivity (Wildman–Crippen MR) is 122 cm³/mol. The summed E-state index contributed by atoms with van der Waals surface area (Å²) in [6, 6.07) is 16.3. The Bertz CT molecular complexity index is 917. The van der Waals surface area contributed by atoms with Crippen LogP contribution in [0.3, 0.4) is 0 Å². The van der Waals surface area contributed by atoms with Crippen molar-refractivity contribution in [2.24, 2.45) is 17.1 Å². The molecular formula is C26H32N2O3. The molecule has 1 heterocycles. The Hall–Kier alpha value is -2.82. The van der Waals surface area contributed by atoms with Crippen molar-refractivity contribution in [3.63, 3.8) is 0 Å². The number of rotatable bonds is 6. The van der Waals surface area contributed by atoms with Crippen molar-refractivity contribution in [2.45, 2.75) is 44.9 Å². The van der Waals surface area contributed by atoms with Gasteiger partial charge in [0.05, 0.1) is 12.5 Å². The molecule has 0 bridgehead atoms. The Morgan fingerprint density at radius 2 is 1.61 bits per heavy atom. The third-order valence-electron chi connectivity index (χ3n) is 7.04. The molecule has 1 saturated heterocycles. The molecular weight excluding hydrogens is 388 g/mol. The van der Waals surface area contributed by atoms with Crippen LogP contribution in [0.25, 0.3) is 11.1 Å². The first-order valence-electron chi connectivity index (χ1n) is 11.3. The van der Waals surface area contributed by atoms with E-state index in [1.54, 1.807) is 7.11 Å². The van der Waals surface area contributed by atoms with Crippen molar-refractivity contribution in [3.05, 3.63) is 54.1 Å². The molecule has 2 aromatic carbocycles. The minimum absolute atomic E-state index is 0.132. The number of nitrogens with zero attached hydrogens (tertiary/aromatic N) is 1. The van der Waals surface area contributed by atoms with Gasteiger partial charge in [-0.25, -0.2) is 0 Å². The molecule has 2 fully saturated rings. The number of hydrogen-bond acceptors (Lipinski definition) is 3. The fourth-order valence-electron chi connectivity index (χ4n) is 5.17. The van der Waals surface area contributed by atoms with Crippen molar-refractivity contribution < 1.29 is 14.3 Å². The van der Waals surface area contributed by atoms with E-state index < -0.39 is 5.41 Å². The Balaban J connectivity index is 1.49. The second-order valence-electron chi connectivity index (χ2n) is 9.09. The van der Waals surface area contributed by atoms with Gasteiger partial charge in [0.1, 0.15) is 5.75 Å². The number of ether oxygens (including phenoxy) is 1. The number of carbonyl (C=O) groups excluding carboxylic acids is 2. The molecule has 4 rings (SSSR count). The highest BCUT2D eigenvalue weighted by atomic mass is 16.5. The van der Waals surface area contributed by atoms with Gasteiger partial charge < -0.3 is 15.4 Å². The number of benzene rings is 2. The number of amides is 2. The largest absolute Gasteiger partial charge is 0.497 e. The molecule has 5 heteroatoms. The van der Waals surface area contributed by atoms with Gasteiger partial charge in [-0.15, -0.1) is 0 Å². The molecule has 2 aromatic rings. The van der Waals surface area contributed by atoms with Crippen LogP contribution in [0.15, 0.2) is 48.5 Å². The summed E-state index contributed by atoms with van der Waals surface area (Å²) in [5, 5.41) is 0. The molecule has 0 unspecified atom stereocenters. The van der Waals surface area contributed by atoms with Crippen LogP contribution in [0.1, 0.15) is 44.1 Å². The van der Waals surface area contributed by atoms with Gasteiger partial charge in [-0.05, 0) is 60.9 Å². The SMILES string of the molecule is COc1ccc(-c2ccc(C[C@]3(C(N)=O)CCCN(C(=O)C4CCCC4)C3)cc2)cc1. The second-order valence-corrected chi connectivity index (χ2v) is 9.09. The van der Waals surface area contributed by atoms with E-state index in [-0.39, 0.29) is 17.7 Å². The summed E-state index contributed by atoms with van der Waals surface area (Å²) in [6.45, 7) is 1.18. The second kappa shape index (κ2) is 9.13. The molecule has 0 radical (unpaired) electrons. The smallest absolute Gasteiger partial charge is 0.225 e. The summed E-state index contributed by atoms with van der Waals surface area (Å²) in [5.74, 6) is 0.888. The maximum absolute atomic E-state index is 13.0. The number of hydrogen-bond donors (Lipinski definition) is 1. The van der Waals surface area contributed by atoms with Gasteiger partial charge in [-0.3, -0.25) is 9.59 Å². The molecule has 0 spiro atoms. The fourth-order valence-corrected chi connectivity index (χ4v) is 5.17. The molecule has 164 valence electrons. The van der Waals surface area contributed by atoms with Crippen LogP contribution >= 0.6 is 0 Å². The zero-order chi connectivity index (χ0) is 21.8. The first kappa shape index (κ1) is 21.4. The number of piperidine rings is 1. The van der Waals surface area contributed by atoms with Gasteiger partial charge in [0.25, 0.3) is 0 Å². The van der Waals surface area contributed by atoms with Gasteiger partial charge in [0.15, 0.2) is 0 Å². The van der Waals surface area contributed by atoms with E-state index in [1.807, 2.05) is 29.2 Å². The lowest BCUT2D eigenvalue weighted by Crippen LogP contribution is -2.54. The lowest BCUT2D eigenvalue weighted by Gasteiger charge is -2.41. The van der Waals surface area contributed by atoms with Crippen LogP contribution in [-0.2, 0) is 16.0 Å². The molecule has 0 aromatic heterocycles. The summed E-state index contributed by atoms with van der Waals surface area (Å²) >= 11 is 0. The third-order valence-corrected chi connectivity index (χ3v) is 7.04. The van der Waals surface area contributed by atoms with Gasteiger partial charge in [-0.1, -0.05) is 49.2 Å². The van der Waals surface area contributed by atoms with Crippen molar-refractivity contribution in [1.82, 2.24) is 4.90 Å². The monoisotopic (exact) mass is 420 g/mol. The van der Waals surface area contributed by atoms with Crippen molar-refractivity contribution >= 4 is 11.8 Å². The Morgan fingerprint density at radius 1 is 1.00 bits per heavy atom. The van der Waals surface area contributed by atoms with Crippen LogP contribution in [0, 0.1) is 11.3 Å². The van der Waals surface area contributed by atoms with E-state index in [4.69, 9.17) is 10.5 Å². The van der Waals surface area contributed by atoms with Crippen molar-refractivity contribution in [2.75, 3.05) is 20.2 Å². The average molecular weight is 421 g/mol. The molecule has 2 aliphatic rings. The summed E-state index contributed by atoms with van der Waals surface area (Å²) in [6.07, 6.45) is 6.34. The molecule has 2 N–H and O–H groups in total. The molecule has 1 atom stereocenters. The first-order chi connectivity index (χ1) is 15.0. The van der Waals surface area contributed by atoms with E-state index in [2.05, 4.69) is 24.3 Å². The fraction of sp³-hybridized carbons (Fsp3) is 0.462. The number of carbonyl (C=O) groups is 2. The lowest BCUT2D eigenvalue weighted by molar-refractivity contribution is -0.142. The number of methoxy groups -OCH3 is 1. The highest BCUT2D eigenvalue weighted by molar-refractivity contribution is 5.84. The predicted octanol–water partition coefficient (Wildman–Crippen LogP) is 4.19. The van der Waals surface area contributed by atoms with Gasteiger partial charge in [0, 0.05) is 19.0 Å². The van der Waals surface area contributed by atoms with Gasteiger partial charge >= 0.3 is 0 Å². The topological polar surface area (TPSA) is 72.6 Å². The molecule has 1 saturated carbocycles. The summed E-state index contributed by atoms with van der Waals surface area (Å²) in [4.78, 5) is 27.5. The van der Waals surface area contributed by atoms with Crippen LogP contribution in [0.4, 0.5) is 0 Å². The standard InChI is InChI=1S/C26H32N2O3/c1-31-23-13-11-21(12-14-23)20-9-7-19(8-10-20)17-26(25(27)30)15-4-16-28(18-26)24(29)22-5-2-3-6-22/h7-14,22H,2-6,15-18H2,1H3,(H2,27,30)/t26-/m1/s1. The molecule has 2 amide bonds. The van der Waals surface area contributed by atoms with Gasteiger partial charge in [0.2, 0.25) is 11.8 Å². The van der Waals surface area contributed by atoms with Crippen LogP contribution in [0.5, 0.6) is 5.75 Å². The summed E-state index contributed by atoms with van der Waals surface area (Å²) in [5.41, 5.74) is 8.54. The number of primary amides is 1. The van der Waals surface area contributed by atoms with Crippen molar-refractivity contribution in [1.29, 1.82) is 0 Å². The number of nitrogens with two attached hydrogens (primary N) is 1. The van der Waals surface area contributed by atoms with E-state index in [9.17, 15) is 9.59 Å². The maximum atomic E-state index is 13.0. The maximum Gasteiger partial charge on any atom is 0.225 e. The minimum Gasteiger partial charge on any atom is -0.497 e. The van der Waals surface area contributed by atoms with E-state index in [1.165, 1.54) is 0 Å². The quantitative estimate of drug-likeness (QED) is 0.762. The Kier molecular flexibility index (Phi) is 6.30. The first-order valence-corrected chi connectivity index (χ1v) is 11.3. The zero-order valence-electron chi connectivity index (χ0n) is 18.3. The highest BCUT2D eigenvalue weighted by Crippen LogP contribution is 2.36. The Labute approximate surface area is 184 Å². The highest BCUT2D eigenvalue weighted by Gasteiger charge is 2.43. The summed E-state index contributed by atoms with van der Waals surface area (Å²) < 4.78 is 5.23. The third kappa shape index (κ3) is 4.60. The Morgan fingerprint density at radius 3 is 2.19 bits per heavy atom. The summed E-state index contributed by atoms with van der Waals surface area (Å²) in [7, 11) is 1.66. The minimum atomic E-state index is -0.686.